The molecular weight excluding hydrogens is 294 g/mol. The molecule has 1 aromatic heterocycles. The maximum atomic E-state index is 12.0. The van der Waals surface area contributed by atoms with E-state index in [9.17, 15) is 9.59 Å². The second kappa shape index (κ2) is 5.40. The van der Waals surface area contributed by atoms with Crippen LogP contribution in [0.3, 0.4) is 0 Å². The van der Waals surface area contributed by atoms with Crippen molar-refractivity contribution in [2.75, 3.05) is 25.6 Å². The average Bonchev–Trinajstić information content (AvgIpc) is 3.02. The molecule has 0 saturated carbocycles. The molecule has 0 atom stereocenters. The SMILES string of the molecule is COC(=O)c1c(NC(C)=O)sc2c1CCC1(C2)OCCO1. The lowest BCUT2D eigenvalue weighted by Crippen LogP contribution is -2.36. The Balaban J connectivity index is 1.99. The van der Waals surface area contributed by atoms with Gasteiger partial charge in [-0.3, -0.25) is 4.79 Å². The summed E-state index contributed by atoms with van der Waals surface area (Å²) in [6.45, 7) is 2.62. The number of amides is 1. The molecule has 114 valence electrons. The zero-order chi connectivity index (χ0) is 15.0. The third kappa shape index (κ3) is 2.56. The van der Waals surface area contributed by atoms with Gasteiger partial charge < -0.3 is 19.5 Å². The number of hydrogen-bond acceptors (Lipinski definition) is 6. The highest BCUT2D eigenvalue weighted by molar-refractivity contribution is 7.17. The van der Waals surface area contributed by atoms with Crippen molar-refractivity contribution in [3.05, 3.63) is 16.0 Å². The van der Waals surface area contributed by atoms with Crippen LogP contribution in [0.15, 0.2) is 0 Å². The quantitative estimate of drug-likeness (QED) is 0.842. The molecule has 1 aliphatic heterocycles. The van der Waals surface area contributed by atoms with Crippen LogP contribution in [0.25, 0.3) is 0 Å². The summed E-state index contributed by atoms with van der Waals surface area (Å²) in [5, 5.41) is 3.27. The van der Waals surface area contributed by atoms with Gasteiger partial charge in [0.25, 0.3) is 0 Å². The van der Waals surface area contributed by atoms with Crippen molar-refractivity contribution in [2.45, 2.75) is 32.0 Å². The Kier molecular flexibility index (Phi) is 3.73. The highest BCUT2D eigenvalue weighted by atomic mass is 32.1. The number of ether oxygens (including phenoxy) is 3. The summed E-state index contributed by atoms with van der Waals surface area (Å²) in [7, 11) is 1.34. The van der Waals surface area contributed by atoms with Crippen molar-refractivity contribution in [1.29, 1.82) is 0 Å². The maximum absolute atomic E-state index is 12.0. The van der Waals surface area contributed by atoms with Crippen molar-refractivity contribution < 1.29 is 23.8 Å². The number of nitrogens with one attached hydrogen (secondary N) is 1. The molecule has 0 bridgehead atoms. The van der Waals surface area contributed by atoms with E-state index in [0.29, 0.717) is 43.0 Å². The Hall–Kier alpha value is -1.44. The van der Waals surface area contributed by atoms with Crippen molar-refractivity contribution in [3.63, 3.8) is 0 Å². The number of methoxy groups -OCH3 is 1. The third-order valence-electron chi connectivity index (χ3n) is 3.77. The van der Waals surface area contributed by atoms with Crippen LogP contribution in [0.1, 0.15) is 34.1 Å². The molecule has 1 aliphatic carbocycles. The first-order chi connectivity index (χ1) is 10.0. The smallest absolute Gasteiger partial charge is 0.341 e. The van der Waals surface area contributed by atoms with Crippen LogP contribution in [0.2, 0.25) is 0 Å². The molecule has 7 heteroatoms. The van der Waals surface area contributed by atoms with E-state index in [2.05, 4.69) is 5.32 Å². The Morgan fingerprint density at radius 3 is 2.67 bits per heavy atom. The van der Waals surface area contributed by atoms with Gasteiger partial charge in [0.15, 0.2) is 5.79 Å². The van der Waals surface area contributed by atoms with Gasteiger partial charge in [0.2, 0.25) is 5.91 Å². The van der Waals surface area contributed by atoms with E-state index in [0.717, 1.165) is 10.4 Å². The fraction of sp³-hybridized carbons (Fsp3) is 0.571. The van der Waals surface area contributed by atoms with Crippen LogP contribution in [0, 0.1) is 0 Å². The average molecular weight is 311 g/mol. The number of carbonyl (C=O) groups excluding carboxylic acids is 2. The number of carbonyl (C=O) groups is 2. The first-order valence-electron chi connectivity index (χ1n) is 6.83. The molecule has 0 unspecified atom stereocenters. The summed E-state index contributed by atoms with van der Waals surface area (Å²) in [6, 6.07) is 0. The van der Waals surface area contributed by atoms with E-state index in [1.54, 1.807) is 0 Å². The minimum atomic E-state index is -0.557. The van der Waals surface area contributed by atoms with Crippen LogP contribution in [0.5, 0.6) is 0 Å². The van der Waals surface area contributed by atoms with E-state index in [1.807, 2.05) is 0 Å². The van der Waals surface area contributed by atoms with Crippen molar-refractivity contribution in [2.24, 2.45) is 0 Å². The molecule has 1 aromatic rings. The topological polar surface area (TPSA) is 73.9 Å². The Morgan fingerprint density at radius 1 is 1.33 bits per heavy atom. The summed E-state index contributed by atoms with van der Waals surface area (Å²) >= 11 is 1.40. The molecule has 1 N–H and O–H groups in total. The predicted molar refractivity (Wildman–Crippen MR) is 76.6 cm³/mol. The summed E-state index contributed by atoms with van der Waals surface area (Å²) in [5.74, 6) is -1.18. The largest absolute Gasteiger partial charge is 0.465 e. The fourth-order valence-electron chi connectivity index (χ4n) is 2.88. The number of esters is 1. The Morgan fingerprint density at radius 2 is 2.05 bits per heavy atom. The minimum Gasteiger partial charge on any atom is -0.465 e. The molecule has 3 rings (SSSR count). The zero-order valence-electron chi connectivity index (χ0n) is 12.0. The molecule has 1 spiro atoms. The normalized spacial score (nSPS) is 19.3. The van der Waals surface area contributed by atoms with Crippen molar-refractivity contribution in [1.82, 2.24) is 0 Å². The van der Waals surface area contributed by atoms with Gasteiger partial charge in [0.1, 0.15) is 5.00 Å². The predicted octanol–water partition coefficient (Wildman–Crippen LogP) is 1.72. The molecule has 1 saturated heterocycles. The van der Waals surface area contributed by atoms with Gasteiger partial charge in [-0.05, 0) is 12.0 Å². The van der Waals surface area contributed by atoms with Crippen LogP contribution in [-0.4, -0.2) is 38.0 Å². The molecule has 1 amide bonds. The van der Waals surface area contributed by atoms with Gasteiger partial charge in [-0.1, -0.05) is 0 Å². The summed E-state index contributed by atoms with van der Waals surface area (Å²) in [4.78, 5) is 24.4. The minimum absolute atomic E-state index is 0.207. The van der Waals surface area contributed by atoms with Crippen molar-refractivity contribution >= 4 is 28.2 Å². The lowest BCUT2D eigenvalue weighted by Gasteiger charge is -2.31. The first-order valence-corrected chi connectivity index (χ1v) is 7.65. The zero-order valence-corrected chi connectivity index (χ0v) is 12.8. The lowest BCUT2D eigenvalue weighted by atomic mass is 9.91. The van der Waals surface area contributed by atoms with Crippen LogP contribution in [0.4, 0.5) is 5.00 Å². The summed E-state index contributed by atoms with van der Waals surface area (Å²) in [5.41, 5.74) is 1.42. The van der Waals surface area contributed by atoms with Gasteiger partial charge in [-0.2, -0.15) is 0 Å². The van der Waals surface area contributed by atoms with Crippen LogP contribution < -0.4 is 5.32 Å². The molecule has 0 radical (unpaired) electrons. The van der Waals surface area contributed by atoms with Crippen LogP contribution >= 0.6 is 11.3 Å². The Labute approximate surface area is 126 Å². The second-order valence-corrected chi connectivity index (χ2v) is 6.27. The standard InChI is InChI=1S/C14H17NO5S/c1-8(16)15-12-11(13(17)18-2)9-3-4-14(7-10(9)21-12)19-5-6-20-14/h3-7H2,1-2H3,(H,15,16). The molecular formula is C14H17NO5S. The summed E-state index contributed by atoms with van der Waals surface area (Å²) in [6.07, 6.45) is 1.99. The summed E-state index contributed by atoms with van der Waals surface area (Å²) < 4.78 is 16.3. The lowest BCUT2D eigenvalue weighted by molar-refractivity contribution is -0.163. The van der Waals surface area contributed by atoms with Crippen molar-refractivity contribution in [3.8, 4) is 0 Å². The molecule has 21 heavy (non-hydrogen) atoms. The van der Waals surface area contributed by atoms with Gasteiger partial charge >= 0.3 is 5.97 Å². The highest BCUT2D eigenvalue weighted by Gasteiger charge is 2.42. The van der Waals surface area contributed by atoms with Gasteiger partial charge in [-0.15, -0.1) is 11.3 Å². The van der Waals surface area contributed by atoms with E-state index in [-0.39, 0.29) is 5.91 Å². The number of fused-ring (bicyclic) bond motifs is 1. The van der Waals surface area contributed by atoms with E-state index >= 15 is 0 Å². The highest BCUT2D eigenvalue weighted by Crippen LogP contribution is 2.43. The van der Waals surface area contributed by atoms with Gasteiger partial charge in [0, 0.05) is 24.6 Å². The fourth-order valence-corrected chi connectivity index (χ4v) is 4.25. The third-order valence-corrected chi connectivity index (χ3v) is 4.92. The van der Waals surface area contributed by atoms with E-state index in [1.165, 1.54) is 25.4 Å². The molecule has 1 fully saturated rings. The molecule has 2 heterocycles. The number of thiophene rings is 1. The number of anilines is 1. The maximum Gasteiger partial charge on any atom is 0.341 e. The van der Waals surface area contributed by atoms with E-state index < -0.39 is 11.8 Å². The monoisotopic (exact) mass is 311 g/mol. The van der Waals surface area contributed by atoms with Gasteiger partial charge in [-0.25, -0.2) is 4.79 Å². The molecule has 0 aromatic carbocycles. The first kappa shape index (κ1) is 14.5. The number of hydrogen-bond donors (Lipinski definition) is 1. The molecule has 6 nitrogen and oxygen atoms in total. The number of rotatable bonds is 2. The second-order valence-electron chi connectivity index (χ2n) is 5.17. The van der Waals surface area contributed by atoms with Crippen LogP contribution in [-0.2, 0) is 31.8 Å². The Bertz CT molecular complexity index is 588. The van der Waals surface area contributed by atoms with Gasteiger partial charge in [0.05, 0.1) is 25.9 Å². The molecule has 2 aliphatic rings. The van der Waals surface area contributed by atoms with E-state index in [4.69, 9.17) is 14.2 Å².